The molecule has 1 aromatic heterocycles. The highest BCUT2D eigenvalue weighted by Crippen LogP contribution is 2.36. The smallest absolute Gasteiger partial charge is 0.306 e. The average Bonchev–Trinajstić information content (AvgIpc) is 3.02. The predicted molar refractivity (Wildman–Crippen MR) is 97.6 cm³/mol. The van der Waals surface area contributed by atoms with Crippen LogP contribution < -0.4 is 10.6 Å². The first-order valence-corrected chi connectivity index (χ1v) is 8.35. The fourth-order valence-electron chi connectivity index (χ4n) is 2.36. The van der Waals surface area contributed by atoms with E-state index in [9.17, 15) is 22.4 Å². The molecule has 0 aliphatic rings. The van der Waals surface area contributed by atoms with E-state index in [1.165, 1.54) is 18.2 Å². The first-order chi connectivity index (χ1) is 13.1. The van der Waals surface area contributed by atoms with Crippen molar-refractivity contribution in [1.82, 2.24) is 9.78 Å². The van der Waals surface area contributed by atoms with Crippen molar-refractivity contribution in [3.05, 3.63) is 70.2 Å². The lowest BCUT2D eigenvalue weighted by Gasteiger charge is -2.14. The largest absolute Gasteiger partial charge is 0.435 e. The molecular formula is C17H10Cl2F4N4O. The Morgan fingerprint density at radius 1 is 1.00 bits per heavy atom. The molecule has 0 aliphatic heterocycles. The summed E-state index contributed by atoms with van der Waals surface area (Å²) in [6, 6.07) is 7.54. The van der Waals surface area contributed by atoms with E-state index in [1.807, 2.05) is 0 Å². The molecule has 2 aromatic carbocycles. The van der Waals surface area contributed by atoms with E-state index < -0.39 is 29.4 Å². The van der Waals surface area contributed by atoms with Crippen molar-refractivity contribution < 1.29 is 22.4 Å². The number of urea groups is 1. The monoisotopic (exact) mass is 432 g/mol. The molecule has 0 radical (unpaired) electrons. The predicted octanol–water partition coefficient (Wildman–Crippen LogP) is 5.98. The van der Waals surface area contributed by atoms with E-state index in [2.05, 4.69) is 15.7 Å². The molecule has 2 N–H and O–H groups in total. The van der Waals surface area contributed by atoms with Gasteiger partial charge in [0.25, 0.3) is 0 Å². The number of amides is 2. The SMILES string of the molecule is O=C(Nc1cc(Cl)ccc1Cl)Nc1cnn(-c2ccc(F)cc2)c1C(F)(F)F. The summed E-state index contributed by atoms with van der Waals surface area (Å²) in [7, 11) is 0. The average molecular weight is 433 g/mol. The number of benzene rings is 2. The van der Waals surface area contributed by atoms with Gasteiger partial charge in [0.2, 0.25) is 0 Å². The van der Waals surface area contributed by atoms with E-state index in [0.29, 0.717) is 4.68 Å². The molecular weight excluding hydrogens is 423 g/mol. The van der Waals surface area contributed by atoms with Crippen LogP contribution in [0.25, 0.3) is 5.69 Å². The third-order valence-corrected chi connectivity index (χ3v) is 4.10. The molecule has 146 valence electrons. The number of carbonyl (C=O) groups is 1. The summed E-state index contributed by atoms with van der Waals surface area (Å²) in [5.74, 6) is -0.611. The van der Waals surface area contributed by atoms with Crippen molar-refractivity contribution in [3.63, 3.8) is 0 Å². The number of aromatic nitrogens is 2. The zero-order chi connectivity index (χ0) is 20.5. The summed E-state index contributed by atoms with van der Waals surface area (Å²) in [5.41, 5.74) is -1.73. The van der Waals surface area contributed by atoms with E-state index in [1.54, 1.807) is 0 Å². The minimum atomic E-state index is -4.85. The van der Waals surface area contributed by atoms with E-state index >= 15 is 0 Å². The van der Waals surface area contributed by atoms with Crippen LogP contribution in [0, 0.1) is 5.82 Å². The minimum Gasteiger partial charge on any atom is -0.306 e. The molecule has 28 heavy (non-hydrogen) atoms. The standard InChI is InChI=1S/C17H10Cl2F4N4O/c18-9-1-6-12(19)13(7-9)25-16(28)26-14-8-24-27(15(14)17(21,22)23)11-4-2-10(20)3-5-11/h1-8H,(H2,25,26,28). The van der Waals surface area contributed by atoms with Crippen LogP contribution in [0.15, 0.2) is 48.7 Å². The Hall–Kier alpha value is -2.78. The Kier molecular flexibility index (Phi) is 5.48. The van der Waals surface area contributed by atoms with E-state index in [4.69, 9.17) is 23.2 Å². The minimum absolute atomic E-state index is 0.0277. The van der Waals surface area contributed by atoms with Gasteiger partial charge in [0.1, 0.15) is 5.82 Å². The lowest BCUT2D eigenvalue weighted by Crippen LogP contribution is -2.22. The number of hydrogen-bond acceptors (Lipinski definition) is 2. The van der Waals surface area contributed by atoms with Crippen molar-refractivity contribution in [3.8, 4) is 5.69 Å². The Morgan fingerprint density at radius 3 is 2.29 bits per heavy atom. The maximum Gasteiger partial charge on any atom is 0.435 e. The summed E-state index contributed by atoms with van der Waals surface area (Å²) in [6.07, 6.45) is -4.01. The molecule has 0 saturated heterocycles. The fraction of sp³-hybridized carbons (Fsp3) is 0.0588. The third-order valence-electron chi connectivity index (χ3n) is 3.53. The van der Waals surface area contributed by atoms with Gasteiger partial charge in [-0.3, -0.25) is 0 Å². The van der Waals surface area contributed by atoms with Crippen molar-refractivity contribution in [2.24, 2.45) is 0 Å². The van der Waals surface area contributed by atoms with Gasteiger partial charge in [-0.1, -0.05) is 23.2 Å². The summed E-state index contributed by atoms with van der Waals surface area (Å²) < 4.78 is 54.3. The van der Waals surface area contributed by atoms with Gasteiger partial charge in [-0.25, -0.2) is 13.9 Å². The van der Waals surface area contributed by atoms with Crippen molar-refractivity contribution in [2.45, 2.75) is 6.18 Å². The van der Waals surface area contributed by atoms with Crippen LogP contribution in [0.2, 0.25) is 10.0 Å². The zero-order valence-electron chi connectivity index (χ0n) is 13.7. The molecule has 0 fully saturated rings. The maximum atomic E-state index is 13.6. The fourth-order valence-corrected chi connectivity index (χ4v) is 2.70. The van der Waals surface area contributed by atoms with Crippen molar-refractivity contribution >= 4 is 40.6 Å². The number of rotatable bonds is 3. The number of hydrogen-bond donors (Lipinski definition) is 2. The van der Waals surface area contributed by atoms with Gasteiger partial charge in [-0.2, -0.15) is 18.3 Å². The highest BCUT2D eigenvalue weighted by atomic mass is 35.5. The number of carbonyl (C=O) groups excluding carboxylic acids is 1. The van der Waals surface area contributed by atoms with Crippen LogP contribution in [0.4, 0.5) is 33.7 Å². The summed E-state index contributed by atoms with van der Waals surface area (Å²) in [6.45, 7) is 0. The third kappa shape index (κ3) is 4.37. The molecule has 0 aliphatic carbocycles. The molecule has 5 nitrogen and oxygen atoms in total. The van der Waals surface area contributed by atoms with E-state index in [0.717, 1.165) is 30.5 Å². The van der Waals surface area contributed by atoms with Crippen LogP contribution in [0.5, 0.6) is 0 Å². The van der Waals surface area contributed by atoms with Crippen LogP contribution in [0.3, 0.4) is 0 Å². The van der Waals surface area contributed by atoms with Crippen LogP contribution >= 0.6 is 23.2 Å². The zero-order valence-corrected chi connectivity index (χ0v) is 15.2. The van der Waals surface area contributed by atoms with Crippen molar-refractivity contribution in [1.29, 1.82) is 0 Å². The van der Waals surface area contributed by atoms with Gasteiger partial charge >= 0.3 is 12.2 Å². The number of nitrogens with zero attached hydrogens (tertiary/aromatic N) is 2. The summed E-state index contributed by atoms with van der Waals surface area (Å²) in [4.78, 5) is 12.1. The lowest BCUT2D eigenvalue weighted by atomic mass is 10.3. The molecule has 0 atom stereocenters. The van der Waals surface area contributed by atoms with Gasteiger partial charge in [-0.15, -0.1) is 0 Å². The second-order valence-electron chi connectivity index (χ2n) is 5.50. The second-order valence-corrected chi connectivity index (χ2v) is 6.34. The highest BCUT2D eigenvalue weighted by Gasteiger charge is 2.39. The first-order valence-electron chi connectivity index (χ1n) is 7.59. The van der Waals surface area contributed by atoms with Gasteiger partial charge in [0.15, 0.2) is 5.69 Å². The molecule has 1 heterocycles. The summed E-state index contributed by atoms with van der Waals surface area (Å²) >= 11 is 11.7. The molecule has 3 rings (SSSR count). The quantitative estimate of drug-likeness (QED) is 0.500. The molecule has 2 amide bonds. The molecule has 0 spiro atoms. The topological polar surface area (TPSA) is 59.0 Å². The van der Waals surface area contributed by atoms with Crippen LogP contribution in [0.1, 0.15) is 5.69 Å². The Morgan fingerprint density at radius 2 is 1.64 bits per heavy atom. The highest BCUT2D eigenvalue weighted by molar-refractivity contribution is 6.35. The van der Waals surface area contributed by atoms with E-state index in [-0.39, 0.29) is 21.4 Å². The van der Waals surface area contributed by atoms with Crippen LogP contribution in [-0.4, -0.2) is 15.8 Å². The lowest BCUT2D eigenvalue weighted by molar-refractivity contribution is -0.142. The normalized spacial score (nSPS) is 11.4. The summed E-state index contributed by atoms with van der Waals surface area (Å²) in [5, 5.41) is 8.49. The maximum absolute atomic E-state index is 13.6. The van der Waals surface area contributed by atoms with Gasteiger partial charge < -0.3 is 10.6 Å². The number of nitrogens with one attached hydrogen (secondary N) is 2. The number of anilines is 2. The van der Waals surface area contributed by atoms with Gasteiger partial charge in [0, 0.05) is 5.02 Å². The first kappa shape index (κ1) is 20.0. The van der Waals surface area contributed by atoms with Gasteiger partial charge in [-0.05, 0) is 42.5 Å². The molecule has 0 unspecified atom stereocenters. The van der Waals surface area contributed by atoms with Crippen molar-refractivity contribution in [2.75, 3.05) is 10.6 Å². The second kappa shape index (κ2) is 7.69. The Balaban J connectivity index is 1.90. The molecule has 0 saturated carbocycles. The molecule has 3 aromatic rings. The molecule has 0 bridgehead atoms. The molecule has 11 heteroatoms. The van der Waals surface area contributed by atoms with Crippen LogP contribution in [-0.2, 0) is 6.18 Å². The Labute approximate surface area is 165 Å². The van der Waals surface area contributed by atoms with Gasteiger partial charge in [0.05, 0.1) is 28.3 Å². The number of alkyl halides is 3. The Bertz CT molecular complexity index is 1020. The number of halogens is 6.